The normalized spacial score (nSPS) is 20.5. The molecule has 2 aliphatic rings. The zero-order chi connectivity index (χ0) is 17.0. The van der Waals surface area contributed by atoms with Crippen molar-refractivity contribution in [3.8, 4) is 5.88 Å². The second-order valence-corrected chi connectivity index (χ2v) is 7.15. The second-order valence-electron chi connectivity index (χ2n) is 6.17. The Hall–Kier alpha value is -1.25. The van der Waals surface area contributed by atoms with Crippen LogP contribution in [0.3, 0.4) is 0 Å². The van der Waals surface area contributed by atoms with Gasteiger partial charge in [-0.15, -0.1) is 5.10 Å². The fraction of sp³-hybridized carbons (Fsp3) is 0.750. The Morgan fingerprint density at radius 1 is 1.46 bits per heavy atom. The standard InChI is InChI=1S/C16H24N2O5S/c1-24-10-2-7-21-14-13(15(19)20)11-18(17-14)12-3-5-16(6-4-12)22-8-9-23-16/h11-12H,2-10H2,1H3,(H,19,20). The molecule has 3 rings (SSSR count). The molecule has 0 radical (unpaired) electrons. The molecule has 1 aromatic heterocycles. The molecule has 0 amide bonds. The number of rotatable bonds is 7. The zero-order valence-corrected chi connectivity index (χ0v) is 14.7. The first-order chi connectivity index (χ1) is 11.6. The van der Waals surface area contributed by atoms with Gasteiger partial charge in [-0.1, -0.05) is 0 Å². The smallest absolute Gasteiger partial charge is 0.342 e. The number of ether oxygens (including phenoxy) is 3. The molecule has 1 saturated heterocycles. The van der Waals surface area contributed by atoms with Gasteiger partial charge in [0.15, 0.2) is 5.79 Å². The van der Waals surface area contributed by atoms with Crippen LogP contribution in [0.15, 0.2) is 6.20 Å². The zero-order valence-electron chi connectivity index (χ0n) is 13.9. The van der Waals surface area contributed by atoms with E-state index in [9.17, 15) is 9.90 Å². The topological polar surface area (TPSA) is 82.8 Å². The number of carboxylic acids is 1. The van der Waals surface area contributed by atoms with Gasteiger partial charge in [-0.05, 0) is 31.3 Å². The minimum Gasteiger partial charge on any atom is -0.477 e. The van der Waals surface area contributed by atoms with Gasteiger partial charge in [0.1, 0.15) is 5.56 Å². The third kappa shape index (κ3) is 3.87. The van der Waals surface area contributed by atoms with Crippen molar-refractivity contribution in [2.24, 2.45) is 0 Å². The predicted octanol–water partition coefficient (Wildman–Crippen LogP) is 2.57. The molecule has 0 unspecified atom stereocenters. The molecule has 8 heteroatoms. The van der Waals surface area contributed by atoms with Crippen molar-refractivity contribution in [2.45, 2.75) is 43.9 Å². The van der Waals surface area contributed by atoms with Crippen LogP contribution in [0.1, 0.15) is 48.5 Å². The lowest BCUT2D eigenvalue weighted by atomic mass is 9.90. The highest BCUT2D eigenvalue weighted by Gasteiger charge is 2.41. The number of hydrogen-bond donors (Lipinski definition) is 1. The predicted molar refractivity (Wildman–Crippen MR) is 89.8 cm³/mol. The van der Waals surface area contributed by atoms with E-state index in [1.807, 2.05) is 6.26 Å². The number of aromatic carboxylic acids is 1. The maximum atomic E-state index is 11.4. The molecular weight excluding hydrogens is 332 g/mol. The van der Waals surface area contributed by atoms with Crippen LogP contribution in [0.4, 0.5) is 0 Å². The van der Waals surface area contributed by atoms with Gasteiger partial charge in [-0.25, -0.2) is 4.79 Å². The van der Waals surface area contributed by atoms with E-state index in [0.29, 0.717) is 19.8 Å². The van der Waals surface area contributed by atoms with E-state index < -0.39 is 11.8 Å². The lowest BCUT2D eigenvalue weighted by Crippen LogP contribution is -2.35. The summed E-state index contributed by atoms with van der Waals surface area (Å²) in [5, 5.41) is 13.8. The number of nitrogens with zero attached hydrogens (tertiary/aromatic N) is 2. The van der Waals surface area contributed by atoms with Gasteiger partial charge in [0.25, 0.3) is 0 Å². The Kier molecular flexibility index (Phi) is 5.68. The monoisotopic (exact) mass is 356 g/mol. The first kappa shape index (κ1) is 17.6. The fourth-order valence-electron chi connectivity index (χ4n) is 3.28. The lowest BCUT2D eigenvalue weighted by molar-refractivity contribution is -0.181. The minimum absolute atomic E-state index is 0.132. The third-order valence-corrected chi connectivity index (χ3v) is 5.26. The Bertz CT molecular complexity index is 561. The number of aromatic nitrogens is 2. The average Bonchev–Trinajstić information content (AvgIpc) is 3.20. The Morgan fingerprint density at radius 3 is 2.79 bits per heavy atom. The number of carboxylic acid groups (broad SMARTS) is 1. The van der Waals surface area contributed by atoms with Crippen LogP contribution in [0.25, 0.3) is 0 Å². The van der Waals surface area contributed by atoms with Gasteiger partial charge in [-0.2, -0.15) is 11.8 Å². The Morgan fingerprint density at radius 2 is 2.17 bits per heavy atom. The van der Waals surface area contributed by atoms with Crippen molar-refractivity contribution in [1.29, 1.82) is 0 Å². The van der Waals surface area contributed by atoms with Gasteiger partial charge in [0.2, 0.25) is 5.88 Å². The quantitative estimate of drug-likeness (QED) is 0.752. The largest absolute Gasteiger partial charge is 0.477 e. The van der Waals surface area contributed by atoms with Crippen molar-refractivity contribution in [3.63, 3.8) is 0 Å². The molecule has 0 aromatic carbocycles. The van der Waals surface area contributed by atoms with Crippen molar-refractivity contribution < 1.29 is 24.1 Å². The van der Waals surface area contributed by atoms with Crippen molar-refractivity contribution >= 4 is 17.7 Å². The van der Waals surface area contributed by atoms with Crippen LogP contribution >= 0.6 is 11.8 Å². The van der Waals surface area contributed by atoms with Crippen molar-refractivity contribution in [1.82, 2.24) is 9.78 Å². The van der Waals surface area contributed by atoms with Gasteiger partial charge in [-0.3, -0.25) is 4.68 Å². The summed E-state index contributed by atoms with van der Waals surface area (Å²) in [5.41, 5.74) is 0.132. The molecule has 2 fully saturated rings. The second kappa shape index (κ2) is 7.76. The van der Waals surface area contributed by atoms with E-state index in [4.69, 9.17) is 14.2 Å². The van der Waals surface area contributed by atoms with E-state index >= 15 is 0 Å². The number of hydrogen-bond acceptors (Lipinski definition) is 6. The summed E-state index contributed by atoms with van der Waals surface area (Å²) >= 11 is 1.74. The van der Waals surface area contributed by atoms with Crippen LogP contribution in [-0.2, 0) is 9.47 Å². The molecule has 1 aromatic rings. The van der Waals surface area contributed by atoms with Gasteiger partial charge in [0, 0.05) is 19.0 Å². The summed E-state index contributed by atoms with van der Waals surface area (Å²) in [6.45, 7) is 1.79. The summed E-state index contributed by atoms with van der Waals surface area (Å²) in [6, 6.07) is 0.157. The molecule has 1 N–H and O–H groups in total. The van der Waals surface area contributed by atoms with Crippen LogP contribution < -0.4 is 4.74 Å². The van der Waals surface area contributed by atoms with Crippen LogP contribution in [0.2, 0.25) is 0 Å². The molecule has 7 nitrogen and oxygen atoms in total. The Balaban J connectivity index is 1.64. The SMILES string of the molecule is CSCCCOc1nn(C2CCC3(CC2)OCCO3)cc1C(=O)O. The van der Waals surface area contributed by atoms with Crippen LogP contribution in [0.5, 0.6) is 5.88 Å². The molecule has 24 heavy (non-hydrogen) atoms. The van der Waals surface area contributed by atoms with E-state index in [2.05, 4.69) is 5.10 Å². The molecule has 1 aliphatic heterocycles. The highest BCUT2D eigenvalue weighted by molar-refractivity contribution is 7.98. The highest BCUT2D eigenvalue weighted by Crippen LogP contribution is 2.40. The summed E-state index contributed by atoms with van der Waals surface area (Å²) in [4.78, 5) is 11.4. The highest BCUT2D eigenvalue weighted by atomic mass is 32.2. The van der Waals surface area contributed by atoms with Crippen molar-refractivity contribution in [3.05, 3.63) is 11.8 Å². The first-order valence-electron chi connectivity index (χ1n) is 8.36. The van der Waals surface area contributed by atoms with Gasteiger partial charge >= 0.3 is 5.97 Å². The van der Waals surface area contributed by atoms with E-state index in [1.165, 1.54) is 0 Å². The summed E-state index contributed by atoms with van der Waals surface area (Å²) in [5.74, 6) is -0.224. The first-order valence-corrected chi connectivity index (χ1v) is 9.75. The van der Waals surface area contributed by atoms with Gasteiger partial charge < -0.3 is 19.3 Å². The summed E-state index contributed by atoms with van der Waals surface area (Å²) in [7, 11) is 0. The maximum Gasteiger partial charge on any atom is 0.342 e. The van der Waals surface area contributed by atoms with E-state index in [0.717, 1.165) is 37.9 Å². The molecule has 1 saturated carbocycles. The van der Waals surface area contributed by atoms with Crippen LogP contribution in [-0.4, -0.2) is 58.5 Å². The minimum atomic E-state index is -1.00. The fourth-order valence-corrected chi connectivity index (χ4v) is 3.69. The summed E-state index contributed by atoms with van der Waals surface area (Å²) in [6.07, 6.45) is 7.82. The van der Waals surface area contributed by atoms with Gasteiger partial charge in [0.05, 0.1) is 25.9 Å². The number of thioether (sulfide) groups is 1. The van der Waals surface area contributed by atoms with E-state index in [-0.39, 0.29) is 17.5 Å². The molecule has 0 atom stereocenters. The van der Waals surface area contributed by atoms with Crippen molar-refractivity contribution in [2.75, 3.05) is 31.8 Å². The Labute approximate surface area is 145 Å². The third-order valence-electron chi connectivity index (χ3n) is 4.56. The molecule has 134 valence electrons. The summed E-state index contributed by atoms with van der Waals surface area (Å²) < 4.78 is 18.8. The van der Waals surface area contributed by atoms with Crippen LogP contribution in [0, 0.1) is 0 Å². The average molecular weight is 356 g/mol. The molecule has 1 aliphatic carbocycles. The maximum absolute atomic E-state index is 11.4. The number of carbonyl (C=O) groups is 1. The molecule has 1 spiro atoms. The van der Waals surface area contributed by atoms with E-state index in [1.54, 1.807) is 22.6 Å². The molecule has 2 heterocycles. The molecule has 0 bridgehead atoms. The lowest BCUT2D eigenvalue weighted by Gasteiger charge is -2.35. The molecular formula is C16H24N2O5S.